The molecule has 0 bridgehead atoms. The minimum absolute atomic E-state index is 0. The second-order valence-electron chi connectivity index (χ2n) is 5.81. The molecule has 0 aromatic heterocycles. The molecular formula is C16H25ClN2O3. The minimum Gasteiger partial charge on any atom is -0.496 e. The number of β-amino-alcohol motifs (C(OH)–C–C–N with tert-alkyl or cyclic N) is 1. The maximum atomic E-state index is 12.3. The molecule has 2 atom stereocenters. The second-order valence-corrected chi connectivity index (χ2v) is 5.81. The predicted molar refractivity (Wildman–Crippen MR) is 88.6 cm³/mol. The first kappa shape index (κ1) is 18.7. The normalized spacial score (nSPS) is 20.4. The molecule has 1 amide bonds. The number of aliphatic hydroxyl groups is 1. The number of halogens is 1. The quantitative estimate of drug-likeness (QED) is 0.877. The summed E-state index contributed by atoms with van der Waals surface area (Å²) in [4.78, 5) is 14.0. The van der Waals surface area contributed by atoms with Crippen LogP contribution in [0, 0.1) is 13.8 Å². The third-order valence-electron chi connectivity index (χ3n) is 3.93. The zero-order chi connectivity index (χ0) is 15.6. The summed E-state index contributed by atoms with van der Waals surface area (Å²) >= 11 is 0. The highest BCUT2D eigenvalue weighted by Gasteiger charge is 2.30. The van der Waals surface area contributed by atoms with Gasteiger partial charge in [-0.15, -0.1) is 12.4 Å². The molecule has 0 saturated carbocycles. The minimum atomic E-state index is -0.419. The summed E-state index contributed by atoms with van der Waals surface area (Å²) in [5, 5.41) is 12.6. The van der Waals surface area contributed by atoms with Crippen LogP contribution in [-0.2, 0) is 11.3 Å². The van der Waals surface area contributed by atoms with Crippen LogP contribution in [0.1, 0.15) is 23.1 Å². The van der Waals surface area contributed by atoms with Gasteiger partial charge in [-0.1, -0.05) is 12.1 Å². The number of ether oxygens (including phenoxy) is 1. The van der Waals surface area contributed by atoms with Crippen molar-refractivity contribution in [2.24, 2.45) is 0 Å². The van der Waals surface area contributed by atoms with Gasteiger partial charge in [0.2, 0.25) is 5.91 Å². The van der Waals surface area contributed by atoms with E-state index in [2.05, 4.69) is 5.32 Å². The first-order chi connectivity index (χ1) is 9.92. The van der Waals surface area contributed by atoms with Crippen LogP contribution in [0.4, 0.5) is 0 Å². The average Bonchev–Trinajstić information content (AvgIpc) is 2.84. The number of carbonyl (C=O) groups is 1. The molecule has 2 N–H and O–H groups in total. The van der Waals surface area contributed by atoms with Gasteiger partial charge in [-0.05, 0) is 37.0 Å². The summed E-state index contributed by atoms with van der Waals surface area (Å²) < 4.78 is 5.36. The van der Waals surface area contributed by atoms with Crippen molar-refractivity contribution < 1.29 is 14.6 Å². The fraction of sp³-hybridized carbons (Fsp3) is 0.562. The topological polar surface area (TPSA) is 61.8 Å². The maximum absolute atomic E-state index is 12.3. The van der Waals surface area contributed by atoms with Gasteiger partial charge < -0.3 is 20.1 Å². The van der Waals surface area contributed by atoms with E-state index in [0.29, 0.717) is 19.5 Å². The van der Waals surface area contributed by atoms with Crippen molar-refractivity contribution in [2.45, 2.75) is 39.0 Å². The lowest BCUT2D eigenvalue weighted by Crippen LogP contribution is -2.41. The zero-order valence-corrected chi connectivity index (χ0v) is 14.4. The van der Waals surface area contributed by atoms with Crippen molar-refractivity contribution in [3.63, 3.8) is 0 Å². The van der Waals surface area contributed by atoms with Gasteiger partial charge in [0.1, 0.15) is 5.75 Å². The number of nitrogens with zero attached hydrogens (tertiary/aromatic N) is 1. The number of nitrogens with one attached hydrogen (secondary N) is 1. The number of carbonyl (C=O) groups excluding carboxylic acids is 1. The van der Waals surface area contributed by atoms with Gasteiger partial charge in [0, 0.05) is 20.1 Å². The van der Waals surface area contributed by atoms with E-state index in [4.69, 9.17) is 4.74 Å². The molecule has 1 aromatic carbocycles. The standard InChI is InChI=1S/C16H24N2O3.ClH/c1-10-5-12(6-11(2)15(10)21-4)9-18(3)16(20)14-7-13(19)8-17-14;/h5-6,13-14,17,19H,7-9H2,1-4H3;1H. The lowest BCUT2D eigenvalue weighted by atomic mass is 10.0. The lowest BCUT2D eigenvalue weighted by Gasteiger charge is -2.22. The Morgan fingerprint density at radius 2 is 2.00 bits per heavy atom. The van der Waals surface area contributed by atoms with E-state index >= 15 is 0 Å². The van der Waals surface area contributed by atoms with Crippen LogP contribution in [0.25, 0.3) is 0 Å². The number of aliphatic hydroxyl groups excluding tert-OH is 1. The third kappa shape index (κ3) is 4.12. The molecule has 124 valence electrons. The predicted octanol–water partition coefficient (Wildman–Crippen LogP) is 1.42. The van der Waals surface area contributed by atoms with Crippen LogP contribution in [-0.4, -0.2) is 48.8 Å². The smallest absolute Gasteiger partial charge is 0.239 e. The molecular weight excluding hydrogens is 304 g/mol. The highest BCUT2D eigenvalue weighted by atomic mass is 35.5. The van der Waals surface area contributed by atoms with Crippen LogP contribution in [0.5, 0.6) is 5.75 Å². The van der Waals surface area contributed by atoms with Crippen molar-refractivity contribution in [1.82, 2.24) is 10.2 Å². The van der Waals surface area contributed by atoms with Crippen LogP contribution < -0.4 is 10.1 Å². The van der Waals surface area contributed by atoms with Crippen LogP contribution in [0.15, 0.2) is 12.1 Å². The van der Waals surface area contributed by atoms with E-state index < -0.39 is 6.10 Å². The van der Waals surface area contributed by atoms with E-state index in [1.165, 1.54) is 0 Å². The fourth-order valence-corrected chi connectivity index (χ4v) is 2.98. The molecule has 1 aliphatic rings. The molecule has 1 heterocycles. The van der Waals surface area contributed by atoms with Crippen LogP contribution in [0.2, 0.25) is 0 Å². The molecule has 0 aliphatic carbocycles. The summed E-state index contributed by atoms with van der Waals surface area (Å²) in [6.45, 7) is 5.06. The first-order valence-corrected chi connectivity index (χ1v) is 7.23. The van der Waals surface area contributed by atoms with E-state index in [9.17, 15) is 9.90 Å². The Kier molecular flexibility index (Phi) is 6.66. The Bertz CT molecular complexity index is 513. The molecule has 2 rings (SSSR count). The Hall–Kier alpha value is -1.30. The molecule has 1 aliphatic heterocycles. The Balaban J connectivity index is 0.00000242. The number of benzene rings is 1. The van der Waals surface area contributed by atoms with Crippen LogP contribution in [0.3, 0.4) is 0 Å². The summed E-state index contributed by atoms with van der Waals surface area (Å²) in [5.74, 6) is 0.922. The number of rotatable bonds is 4. The highest BCUT2D eigenvalue weighted by Crippen LogP contribution is 2.25. The van der Waals surface area contributed by atoms with Gasteiger partial charge in [0.15, 0.2) is 0 Å². The summed E-state index contributed by atoms with van der Waals surface area (Å²) in [5.41, 5.74) is 3.23. The van der Waals surface area contributed by atoms with Gasteiger partial charge in [0.05, 0.1) is 19.3 Å². The lowest BCUT2D eigenvalue weighted by molar-refractivity contribution is -0.132. The molecule has 22 heavy (non-hydrogen) atoms. The van der Waals surface area contributed by atoms with Crippen molar-refractivity contribution in [2.75, 3.05) is 20.7 Å². The summed E-state index contributed by atoms with van der Waals surface area (Å²) in [7, 11) is 3.46. The van der Waals surface area contributed by atoms with E-state index in [-0.39, 0.29) is 24.4 Å². The maximum Gasteiger partial charge on any atom is 0.239 e. The van der Waals surface area contributed by atoms with Gasteiger partial charge in [-0.3, -0.25) is 4.79 Å². The van der Waals surface area contributed by atoms with E-state index in [0.717, 1.165) is 22.4 Å². The summed E-state index contributed by atoms with van der Waals surface area (Å²) in [6, 6.07) is 3.82. The Morgan fingerprint density at radius 3 is 2.45 bits per heavy atom. The van der Waals surface area contributed by atoms with E-state index in [1.54, 1.807) is 19.1 Å². The molecule has 1 saturated heterocycles. The number of hydrogen-bond donors (Lipinski definition) is 2. The van der Waals surface area contributed by atoms with Crippen molar-refractivity contribution in [3.8, 4) is 5.75 Å². The molecule has 5 nitrogen and oxygen atoms in total. The Labute approximate surface area is 138 Å². The van der Waals surface area contributed by atoms with Crippen molar-refractivity contribution in [3.05, 3.63) is 28.8 Å². The monoisotopic (exact) mass is 328 g/mol. The highest BCUT2D eigenvalue weighted by molar-refractivity contribution is 5.85. The molecule has 1 fully saturated rings. The second kappa shape index (κ2) is 7.81. The molecule has 2 unspecified atom stereocenters. The largest absolute Gasteiger partial charge is 0.496 e. The Morgan fingerprint density at radius 1 is 1.41 bits per heavy atom. The van der Waals surface area contributed by atoms with E-state index in [1.807, 2.05) is 26.0 Å². The van der Waals surface area contributed by atoms with Gasteiger partial charge in [-0.2, -0.15) is 0 Å². The zero-order valence-electron chi connectivity index (χ0n) is 13.5. The molecule has 1 aromatic rings. The van der Waals surface area contributed by atoms with Gasteiger partial charge in [-0.25, -0.2) is 0 Å². The molecule has 6 heteroatoms. The SMILES string of the molecule is COc1c(C)cc(CN(C)C(=O)C2CC(O)CN2)cc1C.Cl. The molecule has 0 spiro atoms. The van der Waals surface area contributed by atoms with Gasteiger partial charge >= 0.3 is 0 Å². The van der Waals surface area contributed by atoms with Gasteiger partial charge in [0.25, 0.3) is 0 Å². The fourth-order valence-electron chi connectivity index (χ4n) is 2.98. The summed E-state index contributed by atoms with van der Waals surface area (Å²) in [6.07, 6.45) is 0.0712. The average molecular weight is 329 g/mol. The number of amides is 1. The van der Waals surface area contributed by atoms with Crippen LogP contribution >= 0.6 is 12.4 Å². The number of hydrogen-bond acceptors (Lipinski definition) is 4. The first-order valence-electron chi connectivity index (χ1n) is 7.23. The number of likely N-dealkylation sites (N-methyl/N-ethyl adjacent to an activating group) is 1. The number of aryl methyl sites for hydroxylation is 2. The van der Waals surface area contributed by atoms with Crippen molar-refractivity contribution >= 4 is 18.3 Å². The molecule has 0 radical (unpaired) electrons. The van der Waals surface area contributed by atoms with Crippen molar-refractivity contribution in [1.29, 1.82) is 0 Å². The number of methoxy groups -OCH3 is 1. The third-order valence-corrected chi connectivity index (χ3v) is 3.93.